The van der Waals surface area contributed by atoms with Crippen LogP contribution in [0.2, 0.25) is 0 Å². The summed E-state index contributed by atoms with van der Waals surface area (Å²) in [5, 5.41) is 3.56. The first-order valence-electron chi connectivity index (χ1n) is 8.23. The lowest BCUT2D eigenvalue weighted by molar-refractivity contribution is 0.192. The zero-order valence-corrected chi connectivity index (χ0v) is 13.0. The van der Waals surface area contributed by atoms with Gasteiger partial charge in [-0.25, -0.2) is 0 Å². The number of benzene rings is 1. The van der Waals surface area contributed by atoms with Crippen LogP contribution in [0.4, 0.5) is 0 Å². The van der Waals surface area contributed by atoms with Gasteiger partial charge in [-0.1, -0.05) is 23.8 Å². The van der Waals surface area contributed by atoms with Crippen molar-refractivity contribution in [2.75, 3.05) is 19.6 Å². The fraction of sp³-hybridized carbons (Fsp3) is 0.667. The maximum Gasteiger partial charge on any atom is 0.0239 e. The number of piperidine rings is 1. The molecule has 1 aromatic rings. The Kier molecular flexibility index (Phi) is 4.42. The predicted molar refractivity (Wildman–Crippen MR) is 84.9 cm³/mol. The van der Waals surface area contributed by atoms with Crippen LogP contribution in [0, 0.1) is 19.8 Å². The highest BCUT2D eigenvalue weighted by Crippen LogP contribution is 2.30. The van der Waals surface area contributed by atoms with Crippen LogP contribution in [0.25, 0.3) is 0 Å². The molecule has 1 N–H and O–H groups in total. The van der Waals surface area contributed by atoms with E-state index in [1.807, 2.05) is 0 Å². The lowest BCUT2D eigenvalue weighted by Crippen LogP contribution is -2.39. The van der Waals surface area contributed by atoms with E-state index >= 15 is 0 Å². The Bertz CT molecular complexity index is 445. The van der Waals surface area contributed by atoms with E-state index in [0.29, 0.717) is 0 Å². The number of rotatable bonds is 5. The monoisotopic (exact) mass is 272 g/mol. The molecule has 0 bridgehead atoms. The smallest absolute Gasteiger partial charge is 0.0239 e. The van der Waals surface area contributed by atoms with Crippen LogP contribution in [-0.4, -0.2) is 30.6 Å². The molecule has 110 valence electrons. The van der Waals surface area contributed by atoms with Crippen LogP contribution in [0.5, 0.6) is 0 Å². The van der Waals surface area contributed by atoms with E-state index in [9.17, 15) is 0 Å². The molecule has 0 amide bonds. The molecule has 1 heterocycles. The lowest BCUT2D eigenvalue weighted by atomic mass is 9.98. The molecule has 1 saturated carbocycles. The van der Waals surface area contributed by atoms with E-state index in [-0.39, 0.29) is 0 Å². The third-order valence-electron chi connectivity index (χ3n) is 4.83. The fourth-order valence-corrected chi connectivity index (χ4v) is 3.38. The van der Waals surface area contributed by atoms with Crippen LogP contribution in [0.3, 0.4) is 0 Å². The van der Waals surface area contributed by atoms with Crippen molar-refractivity contribution in [1.29, 1.82) is 0 Å². The van der Waals surface area contributed by atoms with Gasteiger partial charge in [-0.05, 0) is 69.7 Å². The summed E-state index contributed by atoms with van der Waals surface area (Å²) >= 11 is 0. The summed E-state index contributed by atoms with van der Waals surface area (Å²) in [6.45, 7) is 9.32. The minimum absolute atomic E-state index is 0.856. The maximum atomic E-state index is 3.56. The van der Waals surface area contributed by atoms with Crippen molar-refractivity contribution in [3.8, 4) is 0 Å². The largest absolute Gasteiger partial charge is 0.316 e. The van der Waals surface area contributed by atoms with Gasteiger partial charge in [0.25, 0.3) is 0 Å². The molecule has 2 heteroatoms. The average Bonchev–Trinajstić information content (AvgIpc) is 3.28. The molecule has 2 fully saturated rings. The molecule has 1 aromatic carbocycles. The van der Waals surface area contributed by atoms with Crippen LogP contribution in [0.1, 0.15) is 42.4 Å². The Balaban J connectivity index is 1.66. The molecule has 20 heavy (non-hydrogen) atoms. The third-order valence-corrected chi connectivity index (χ3v) is 4.83. The second-order valence-electron chi connectivity index (χ2n) is 6.80. The second-order valence-corrected chi connectivity index (χ2v) is 6.80. The van der Waals surface area contributed by atoms with Gasteiger partial charge in [0, 0.05) is 19.1 Å². The summed E-state index contributed by atoms with van der Waals surface area (Å²) in [7, 11) is 0. The van der Waals surface area contributed by atoms with Gasteiger partial charge in [-0.3, -0.25) is 4.90 Å². The van der Waals surface area contributed by atoms with Crippen molar-refractivity contribution in [1.82, 2.24) is 10.2 Å². The van der Waals surface area contributed by atoms with Gasteiger partial charge in [0.1, 0.15) is 0 Å². The van der Waals surface area contributed by atoms with Gasteiger partial charge in [0.2, 0.25) is 0 Å². The summed E-state index contributed by atoms with van der Waals surface area (Å²) in [4.78, 5) is 2.75. The fourth-order valence-electron chi connectivity index (χ4n) is 3.38. The number of nitrogens with zero attached hydrogens (tertiary/aromatic N) is 1. The quantitative estimate of drug-likeness (QED) is 0.885. The van der Waals surface area contributed by atoms with Gasteiger partial charge < -0.3 is 5.32 Å². The van der Waals surface area contributed by atoms with Gasteiger partial charge in [-0.2, -0.15) is 0 Å². The molecule has 1 atom stereocenters. The topological polar surface area (TPSA) is 15.3 Å². The molecular formula is C18H28N2. The lowest BCUT2D eigenvalue weighted by Gasteiger charge is -2.30. The molecular weight excluding hydrogens is 244 g/mol. The zero-order chi connectivity index (χ0) is 13.9. The Morgan fingerprint density at radius 2 is 2.05 bits per heavy atom. The number of nitrogens with one attached hydrogen (secondary N) is 1. The van der Waals surface area contributed by atoms with E-state index < -0.39 is 0 Å². The van der Waals surface area contributed by atoms with E-state index in [0.717, 1.165) is 18.5 Å². The summed E-state index contributed by atoms with van der Waals surface area (Å²) < 4.78 is 0. The van der Waals surface area contributed by atoms with Crippen LogP contribution >= 0.6 is 0 Å². The van der Waals surface area contributed by atoms with Gasteiger partial charge in [0.15, 0.2) is 0 Å². The second kappa shape index (κ2) is 6.28. The van der Waals surface area contributed by atoms with Crippen molar-refractivity contribution in [2.24, 2.45) is 5.92 Å². The molecule has 0 spiro atoms. The highest BCUT2D eigenvalue weighted by Gasteiger charge is 2.31. The van der Waals surface area contributed by atoms with E-state index in [1.165, 1.54) is 62.0 Å². The highest BCUT2D eigenvalue weighted by molar-refractivity contribution is 5.30. The molecule has 2 nitrogen and oxygen atoms in total. The molecule has 0 radical (unpaired) electrons. The summed E-state index contributed by atoms with van der Waals surface area (Å²) in [5.74, 6) is 0.856. The molecule has 1 saturated heterocycles. The van der Waals surface area contributed by atoms with Crippen molar-refractivity contribution in [3.63, 3.8) is 0 Å². The predicted octanol–water partition coefficient (Wildman–Crippen LogP) is 3.27. The molecule has 3 rings (SSSR count). The van der Waals surface area contributed by atoms with Crippen LogP contribution in [-0.2, 0) is 6.54 Å². The zero-order valence-electron chi connectivity index (χ0n) is 13.0. The Labute approximate surface area is 123 Å². The van der Waals surface area contributed by atoms with E-state index in [2.05, 4.69) is 42.3 Å². The van der Waals surface area contributed by atoms with Crippen molar-refractivity contribution < 1.29 is 0 Å². The Hall–Kier alpha value is -0.860. The van der Waals surface area contributed by atoms with Crippen molar-refractivity contribution in [3.05, 3.63) is 34.9 Å². The first-order chi connectivity index (χ1) is 9.72. The van der Waals surface area contributed by atoms with Crippen molar-refractivity contribution >= 4 is 0 Å². The first kappa shape index (κ1) is 14.1. The standard InChI is InChI=1S/C18H28N2/c1-14-5-6-15(2)17(10-14)13-20(18-7-8-18)12-16-4-3-9-19-11-16/h5-6,10,16,18-19H,3-4,7-9,11-13H2,1-2H3. The van der Waals surface area contributed by atoms with Crippen LogP contribution in [0.15, 0.2) is 18.2 Å². The Morgan fingerprint density at radius 3 is 2.75 bits per heavy atom. The maximum absolute atomic E-state index is 3.56. The van der Waals surface area contributed by atoms with E-state index in [4.69, 9.17) is 0 Å². The summed E-state index contributed by atoms with van der Waals surface area (Å²) in [6, 6.07) is 7.74. The SMILES string of the molecule is Cc1ccc(C)c(CN(CC2CCCNC2)C2CC2)c1. The van der Waals surface area contributed by atoms with E-state index in [1.54, 1.807) is 0 Å². The number of hydrogen-bond acceptors (Lipinski definition) is 2. The minimum Gasteiger partial charge on any atom is -0.316 e. The summed E-state index contributed by atoms with van der Waals surface area (Å²) in [6.07, 6.45) is 5.58. The first-order valence-corrected chi connectivity index (χ1v) is 8.23. The number of aryl methyl sites for hydroxylation is 2. The molecule has 1 unspecified atom stereocenters. The third kappa shape index (κ3) is 3.62. The van der Waals surface area contributed by atoms with Crippen molar-refractivity contribution in [2.45, 2.75) is 52.1 Å². The molecule has 1 aliphatic carbocycles. The van der Waals surface area contributed by atoms with Gasteiger partial charge in [0.05, 0.1) is 0 Å². The van der Waals surface area contributed by atoms with Gasteiger partial charge in [-0.15, -0.1) is 0 Å². The normalized spacial score (nSPS) is 23.2. The number of hydrogen-bond donors (Lipinski definition) is 1. The van der Waals surface area contributed by atoms with Crippen LogP contribution < -0.4 is 5.32 Å². The average molecular weight is 272 g/mol. The summed E-state index contributed by atoms with van der Waals surface area (Å²) in [5.41, 5.74) is 4.37. The molecule has 1 aliphatic heterocycles. The minimum atomic E-state index is 0.856. The Morgan fingerprint density at radius 1 is 1.20 bits per heavy atom. The van der Waals surface area contributed by atoms with Gasteiger partial charge >= 0.3 is 0 Å². The molecule has 2 aliphatic rings. The molecule has 0 aromatic heterocycles. The highest BCUT2D eigenvalue weighted by atomic mass is 15.2.